The lowest BCUT2D eigenvalue weighted by Gasteiger charge is -2.09. The predicted octanol–water partition coefficient (Wildman–Crippen LogP) is 2.93. The van der Waals surface area contributed by atoms with E-state index >= 15 is 0 Å². The van der Waals surface area contributed by atoms with Crippen molar-refractivity contribution >= 4 is 11.4 Å². The van der Waals surface area contributed by atoms with Gasteiger partial charge in [0, 0.05) is 12.2 Å². The van der Waals surface area contributed by atoms with Crippen LogP contribution in [0.25, 0.3) is 0 Å². The molecule has 2 rings (SSSR count). The van der Waals surface area contributed by atoms with Gasteiger partial charge in [0.15, 0.2) is 0 Å². The number of nitrogens with one attached hydrogen (secondary N) is 1. The quantitative estimate of drug-likeness (QED) is 0.826. The molecule has 2 aromatic rings. The van der Waals surface area contributed by atoms with Gasteiger partial charge in [-0.05, 0) is 42.3 Å². The molecule has 19 heavy (non-hydrogen) atoms. The Morgan fingerprint density at radius 3 is 2.79 bits per heavy atom. The van der Waals surface area contributed by atoms with E-state index < -0.39 is 0 Å². The fourth-order valence-electron chi connectivity index (χ4n) is 1.84. The molecule has 3 N–H and O–H groups in total. The number of rotatable bonds is 4. The second-order valence-electron chi connectivity index (χ2n) is 4.22. The minimum atomic E-state index is -0.234. The molecule has 0 aliphatic rings. The average Bonchev–Trinajstić information content (AvgIpc) is 2.40. The van der Waals surface area contributed by atoms with Gasteiger partial charge in [-0.1, -0.05) is 12.1 Å². The Hall–Kier alpha value is -2.54. The van der Waals surface area contributed by atoms with Crippen molar-refractivity contribution in [3.05, 3.63) is 59.4 Å². The fourth-order valence-corrected chi connectivity index (χ4v) is 1.84. The molecule has 0 radical (unpaired) electrons. The minimum Gasteiger partial charge on any atom is -0.399 e. The number of hydrogen-bond donors (Lipinski definition) is 2. The maximum Gasteiger partial charge on any atom is 0.123 e. The zero-order chi connectivity index (χ0) is 13.7. The van der Waals surface area contributed by atoms with Crippen LogP contribution in [0.3, 0.4) is 0 Å². The third kappa shape index (κ3) is 3.46. The highest BCUT2D eigenvalue weighted by Gasteiger charge is 2.02. The molecule has 4 heteroatoms. The summed E-state index contributed by atoms with van der Waals surface area (Å²) < 4.78 is 13.0. The molecule has 0 spiro atoms. The highest BCUT2D eigenvalue weighted by Crippen LogP contribution is 2.17. The normalized spacial score (nSPS) is 9.89. The zero-order valence-corrected chi connectivity index (χ0v) is 10.4. The van der Waals surface area contributed by atoms with Crippen LogP contribution in [-0.4, -0.2) is 6.54 Å². The van der Waals surface area contributed by atoms with Crippen molar-refractivity contribution < 1.29 is 4.39 Å². The molecule has 0 heterocycles. The number of anilines is 2. The van der Waals surface area contributed by atoms with E-state index in [-0.39, 0.29) is 5.82 Å². The number of nitrogen functional groups attached to an aromatic ring is 1. The highest BCUT2D eigenvalue weighted by atomic mass is 19.1. The predicted molar refractivity (Wildman–Crippen MR) is 74.2 cm³/mol. The van der Waals surface area contributed by atoms with Gasteiger partial charge >= 0.3 is 0 Å². The van der Waals surface area contributed by atoms with E-state index in [4.69, 9.17) is 11.0 Å². The summed E-state index contributed by atoms with van der Waals surface area (Å²) in [5.41, 5.74) is 8.36. The third-order valence-electron chi connectivity index (χ3n) is 2.78. The number of nitrogens with zero attached hydrogens (tertiary/aromatic N) is 1. The molecule has 96 valence electrons. The molecule has 3 nitrogen and oxygen atoms in total. The van der Waals surface area contributed by atoms with Gasteiger partial charge in [-0.3, -0.25) is 0 Å². The first-order valence-corrected chi connectivity index (χ1v) is 5.97. The van der Waals surface area contributed by atoms with Gasteiger partial charge in [0.2, 0.25) is 0 Å². The SMILES string of the molecule is N#Cc1cc(N)ccc1NCCc1cccc(F)c1. The van der Waals surface area contributed by atoms with Crippen molar-refractivity contribution in [2.45, 2.75) is 6.42 Å². The van der Waals surface area contributed by atoms with Crippen molar-refractivity contribution in [2.24, 2.45) is 0 Å². The van der Waals surface area contributed by atoms with Crippen molar-refractivity contribution in [1.29, 1.82) is 5.26 Å². The van der Waals surface area contributed by atoms with E-state index in [1.54, 1.807) is 24.3 Å². The molecule has 0 saturated heterocycles. The van der Waals surface area contributed by atoms with Crippen LogP contribution in [0.4, 0.5) is 15.8 Å². The molecule has 0 bridgehead atoms. The fraction of sp³-hybridized carbons (Fsp3) is 0.133. The molecule has 0 aliphatic heterocycles. The lowest BCUT2D eigenvalue weighted by atomic mass is 10.1. The van der Waals surface area contributed by atoms with Gasteiger partial charge in [0.1, 0.15) is 11.9 Å². The highest BCUT2D eigenvalue weighted by molar-refractivity contribution is 5.62. The first-order valence-electron chi connectivity index (χ1n) is 5.97. The van der Waals surface area contributed by atoms with Gasteiger partial charge in [-0.2, -0.15) is 5.26 Å². The van der Waals surface area contributed by atoms with E-state index in [1.165, 1.54) is 12.1 Å². The summed E-state index contributed by atoms with van der Waals surface area (Å²) in [5, 5.41) is 12.2. The molecule has 0 amide bonds. The summed E-state index contributed by atoms with van der Waals surface area (Å²) in [7, 11) is 0. The molecule has 2 aromatic carbocycles. The van der Waals surface area contributed by atoms with Crippen LogP contribution in [0, 0.1) is 17.1 Å². The lowest BCUT2D eigenvalue weighted by Crippen LogP contribution is -2.06. The summed E-state index contributed by atoms with van der Waals surface area (Å²) in [5.74, 6) is -0.234. The van der Waals surface area contributed by atoms with E-state index in [0.29, 0.717) is 24.2 Å². The number of benzene rings is 2. The standard InChI is InChI=1S/C15H14FN3/c16-13-3-1-2-11(8-13)6-7-19-15-5-4-14(18)9-12(15)10-17/h1-5,8-9,19H,6-7,18H2. The van der Waals surface area contributed by atoms with Gasteiger partial charge in [-0.15, -0.1) is 0 Å². The maximum absolute atomic E-state index is 13.0. The Bertz CT molecular complexity index is 617. The Kier molecular flexibility index (Phi) is 3.99. The Balaban J connectivity index is 1.98. The molecule has 0 aromatic heterocycles. The molecular weight excluding hydrogens is 241 g/mol. The number of nitrogens with two attached hydrogens (primary N) is 1. The zero-order valence-electron chi connectivity index (χ0n) is 10.4. The largest absolute Gasteiger partial charge is 0.399 e. The van der Waals surface area contributed by atoms with Crippen LogP contribution >= 0.6 is 0 Å². The van der Waals surface area contributed by atoms with Gasteiger partial charge in [0.25, 0.3) is 0 Å². The maximum atomic E-state index is 13.0. The number of halogens is 1. The smallest absolute Gasteiger partial charge is 0.123 e. The van der Waals surface area contributed by atoms with Gasteiger partial charge in [0.05, 0.1) is 11.3 Å². The van der Waals surface area contributed by atoms with E-state index in [2.05, 4.69) is 11.4 Å². The van der Waals surface area contributed by atoms with Crippen molar-refractivity contribution in [3.63, 3.8) is 0 Å². The third-order valence-corrected chi connectivity index (χ3v) is 2.78. The van der Waals surface area contributed by atoms with Crippen molar-refractivity contribution in [1.82, 2.24) is 0 Å². The lowest BCUT2D eigenvalue weighted by molar-refractivity contribution is 0.625. The van der Waals surface area contributed by atoms with Crippen LogP contribution in [0.2, 0.25) is 0 Å². The Morgan fingerprint density at radius 2 is 2.05 bits per heavy atom. The van der Waals surface area contributed by atoms with E-state index in [1.807, 2.05) is 6.07 Å². The van der Waals surface area contributed by atoms with E-state index in [0.717, 1.165) is 11.3 Å². The molecular formula is C15H14FN3. The number of nitriles is 1. The topological polar surface area (TPSA) is 61.8 Å². The second-order valence-corrected chi connectivity index (χ2v) is 4.22. The van der Waals surface area contributed by atoms with Crippen molar-refractivity contribution in [3.8, 4) is 6.07 Å². The molecule has 0 atom stereocenters. The molecule has 0 fully saturated rings. The van der Waals surface area contributed by atoms with Crippen LogP contribution in [0.15, 0.2) is 42.5 Å². The molecule has 0 saturated carbocycles. The summed E-state index contributed by atoms with van der Waals surface area (Å²) in [6.07, 6.45) is 0.688. The second kappa shape index (κ2) is 5.87. The average molecular weight is 255 g/mol. The van der Waals surface area contributed by atoms with E-state index in [9.17, 15) is 4.39 Å². The van der Waals surface area contributed by atoms with Gasteiger partial charge < -0.3 is 11.1 Å². The molecule has 0 aliphatic carbocycles. The first-order chi connectivity index (χ1) is 9.19. The molecule has 0 unspecified atom stereocenters. The van der Waals surface area contributed by atoms with Gasteiger partial charge in [-0.25, -0.2) is 4.39 Å². The monoisotopic (exact) mass is 255 g/mol. The van der Waals surface area contributed by atoms with Crippen LogP contribution in [0.5, 0.6) is 0 Å². The summed E-state index contributed by atoms with van der Waals surface area (Å²) in [4.78, 5) is 0. The Morgan fingerprint density at radius 1 is 1.21 bits per heavy atom. The first kappa shape index (κ1) is 12.9. The summed E-state index contributed by atoms with van der Waals surface area (Å²) in [6, 6.07) is 13.7. The van der Waals surface area contributed by atoms with Crippen molar-refractivity contribution in [2.75, 3.05) is 17.6 Å². The minimum absolute atomic E-state index is 0.234. The van der Waals surface area contributed by atoms with Crippen LogP contribution in [0.1, 0.15) is 11.1 Å². The summed E-state index contributed by atoms with van der Waals surface area (Å²) >= 11 is 0. The Labute approximate surface area is 111 Å². The summed E-state index contributed by atoms with van der Waals surface area (Å²) in [6.45, 7) is 0.627. The number of hydrogen-bond acceptors (Lipinski definition) is 3. The van der Waals surface area contributed by atoms with Crippen LogP contribution < -0.4 is 11.1 Å². The van der Waals surface area contributed by atoms with Crippen LogP contribution in [-0.2, 0) is 6.42 Å².